The summed E-state index contributed by atoms with van der Waals surface area (Å²) >= 11 is 0. The molecule has 1 aliphatic rings. The van der Waals surface area contributed by atoms with Gasteiger partial charge in [0, 0.05) is 6.20 Å². The maximum absolute atomic E-state index is 11.4. The third kappa shape index (κ3) is 1.46. The van der Waals surface area contributed by atoms with E-state index in [1.807, 2.05) is 0 Å². The number of carbonyl (C=O) groups is 1. The molecule has 0 aliphatic heterocycles. The van der Waals surface area contributed by atoms with Crippen LogP contribution in [0.1, 0.15) is 31.4 Å². The van der Waals surface area contributed by atoms with Gasteiger partial charge in [0.2, 0.25) is 0 Å². The van der Waals surface area contributed by atoms with Gasteiger partial charge in [0.25, 0.3) is 0 Å². The van der Waals surface area contributed by atoms with Crippen molar-refractivity contribution in [1.82, 2.24) is 4.98 Å². The summed E-state index contributed by atoms with van der Waals surface area (Å²) in [5, 5.41) is 9.35. The van der Waals surface area contributed by atoms with Crippen molar-refractivity contribution in [3.63, 3.8) is 0 Å². The predicted molar refractivity (Wildman–Crippen MR) is 56.4 cm³/mol. The predicted octanol–water partition coefficient (Wildman–Crippen LogP) is 1.56. The molecule has 0 saturated heterocycles. The highest BCUT2D eigenvalue weighted by molar-refractivity contribution is 5.83. The van der Waals surface area contributed by atoms with Crippen molar-refractivity contribution in [2.75, 3.05) is 5.73 Å². The molecular formula is C11H14N2O2. The molecule has 1 aliphatic carbocycles. The molecule has 0 bridgehead atoms. The maximum Gasteiger partial charge on any atom is 0.315 e. The Hall–Kier alpha value is -1.58. The van der Waals surface area contributed by atoms with Crippen LogP contribution in [-0.4, -0.2) is 16.1 Å². The van der Waals surface area contributed by atoms with Crippen LogP contribution in [0.3, 0.4) is 0 Å². The lowest BCUT2D eigenvalue weighted by molar-refractivity contribution is -0.143. The molecule has 2 rings (SSSR count). The van der Waals surface area contributed by atoms with Gasteiger partial charge in [0.05, 0.1) is 11.4 Å². The van der Waals surface area contributed by atoms with Crippen molar-refractivity contribution in [1.29, 1.82) is 0 Å². The minimum atomic E-state index is -0.842. The highest BCUT2D eigenvalue weighted by Crippen LogP contribution is 2.42. The molecular weight excluding hydrogens is 192 g/mol. The van der Waals surface area contributed by atoms with E-state index in [0.717, 1.165) is 12.8 Å². The van der Waals surface area contributed by atoms with Crippen LogP contribution in [0, 0.1) is 0 Å². The number of hydrogen-bond acceptors (Lipinski definition) is 3. The first-order valence-electron chi connectivity index (χ1n) is 5.11. The highest BCUT2D eigenvalue weighted by Gasteiger charge is 2.45. The van der Waals surface area contributed by atoms with Crippen molar-refractivity contribution < 1.29 is 9.90 Å². The van der Waals surface area contributed by atoms with Gasteiger partial charge in [-0.05, 0) is 25.0 Å². The first kappa shape index (κ1) is 9.96. The van der Waals surface area contributed by atoms with E-state index in [9.17, 15) is 9.90 Å². The zero-order chi connectivity index (χ0) is 10.9. The molecule has 0 unspecified atom stereocenters. The van der Waals surface area contributed by atoms with Crippen molar-refractivity contribution >= 4 is 11.7 Å². The van der Waals surface area contributed by atoms with E-state index in [1.165, 1.54) is 0 Å². The monoisotopic (exact) mass is 206 g/mol. The number of rotatable bonds is 2. The van der Waals surface area contributed by atoms with Crippen LogP contribution >= 0.6 is 0 Å². The van der Waals surface area contributed by atoms with Gasteiger partial charge in [-0.1, -0.05) is 12.8 Å². The summed E-state index contributed by atoms with van der Waals surface area (Å²) in [7, 11) is 0. The first-order chi connectivity index (χ1) is 7.17. The Bertz CT molecular complexity index is 384. The fraction of sp³-hybridized carbons (Fsp3) is 0.455. The molecule has 4 nitrogen and oxygen atoms in total. The van der Waals surface area contributed by atoms with E-state index in [2.05, 4.69) is 4.98 Å². The third-order valence-electron chi connectivity index (χ3n) is 3.16. The zero-order valence-electron chi connectivity index (χ0n) is 8.44. The minimum absolute atomic E-state index is 0.488. The summed E-state index contributed by atoms with van der Waals surface area (Å²) in [6, 6.07) is 3.44. The second-order valence-corrected chi connectivity index (χ2v) is 4.04. The van der Waals surface area contributed by atoms with Crippen molar-refractivity contribution in [3.8, 4) is 0 Å². The number of hydrogen-bond donors (Lipinski definition) is 2. The van der Waals surface area contributed by atoms with Crippen LogP contribution < -0.4 is 5.73 Å². The molecule has 0 spiro atoms. The molecule has 80 valence electrons. The summed E-state index contributed by atoms with van der Waals surface area (Å²) in [6.45, 7) is 0. The number of aromatic nitrogens is 1. The second kappa shape index (κ2) is 3.53. The lowest BCUT2D eigenvalue weighted by Gasteiger charge is -2.24. The molecule has 0 atom stereocenters. The van der Waals surface area contributed by atoms with Crippen LogP contribution in [0.25, 0.3) is 0 Å². The van der Waals surface area contributed by atoms with E-state index >= 15 is 0 Å². The van der Waals surface area contributed by atoms with Crippen LogP contribution in [0.15, 0.2) is 18.3 Å². The Labute approximate surface area is 88.1 Å². The SMILES string of the molecule is Nc1cccnc1C1(C(=O)O)CCCC1. The lowest BCUT2D eigenvalue weighted by atomic mass is 9.81. The largest absolute Gasteiger partial charge is 0.481 e. The molecule has 1 heterocycles. The lowest BCUT2D eigenvalue weighted by Crippen LogP contribution is -2.34. The molecule has 0 amide bonds. The van der Waals surface area contributed by atoms with E-state index in [-0.39, 0.29) is 0 Å². The Kier molecular flexibility index (Phi) is 2.34. The van der Waals surface area contributed by atoms with Gasteiger partial charge in [0.15, 0.2) is 0 Å². The first-order valence-corrected chi connectivity index (χ1v) is 5.11. The maximum atomic E-state index is 11.4. The number of carboxylic acids is 1. The molecule has 0 aromatic carbocycles. The number of nitrogens with two attached hydrogens (primary N) is 1. The van der Waals surface area contributed by atoms with Gasteiger partial charge in [-0.3, -0.25) is 9.78 Å². The number of aliphatic carboxylic acids is 1. The number of nitrogens with zero attached hydrogens (tertiary/aromatic N) is 1. The fourth-order valence-electron chi connectivity index (χ4n) is 2.35. The Morgan fingerprint density at radius 2 is 2.13 bits per heavy atom. The van der Waals surface area contributed by atoms with E-state index in [4.69, 9.17) is 5.73 Å². The normalized spacial score (nSPS) is 18.9. The van der Waals surface area contributed by atoms with E-state index in [1.54, 1.807) is 18.3 Å². The van der Waals surface area contributed by atoms with Crippen LogP contribution in [0.5, 0.6) is 0 Å². The van der Waals surface area contributed by atoms with Gasteiger partial charge in [-0.2, -0.15) is 0 Å². The zero-order valence-corrected chi connectivity index (χ0v) is 8.44. The third-order valence-corrected chi connectivity index (χ3v) is 3.16. The van der Waals surface area contributed by atoms with Gasteiger partial charge >= 0.3 is 5.97 Å². The number of anilines is 1. The molecule has 1 aromatic heterocycles. The van der Waals surface area contributed by atoms with Crippen molar-refractivity contribution in [3.05, 3.63) is 24.0 Å². The topological polar surface area (TPSA) is 76.2 Å². The van der Waals surface area contributed by atoms with Gasteiger partial charge in [-0.15, -0.1) is 0 Å². The van der Waals surface area contributed by atoms with Crippen molar-refractivity contribution in [2.24, 2.45) is 0 Å². The molecule has 4 heteroatoms. The highest BCUT2D eigenvalue weighted by atomic mass is 16.4. The molecule has 1 fully saturated rings. The van der Waals surface area contributed by atoms with Gasteiger partial charge in [-0.25, -0.2) is 0 Å². The number of carboxylic acid groups (broad SMARTS) is 1. The Balaban J connectivity index is 2.50. The smallest absolute Gasteiger partial charge is 0.315 e. The van der Waals surface area contributed by atoms with Crippen LogP contribution in [-0.2, 0) is 10.2 Å². The van der Waals surface area contributed by atoms with Crippen LogP contribution in [0.4, 0.5) is 5.69 Å². The summed E-state index contributed by atoms with van der Waals surface area (Å²) in [5.74, 6) is -0.801. The van der Waals surface area contributed by atoms with E-state index < -0.39 is 11.4 Å². The average molecular weight is 206 g/mol. The summed E-state index contributed by atoms with van der Waals surface area (Å²) < 4.78 is 0. The standard InChI is InChI=1S/C11H14N2O2/c12-8-4-3-7-13-9(8)11(10(14)15)5-1-2-6-11/h3-4,7H,1-2,5-6,12H2,(H,14,15). The van der Waals surface area contributed by atoms with Crippen LogP contribution in [0.2, 0.25) is 0 Å². The summed E-state index contributed by atoms with van der Waals surface area (Å²) in [5.41, 5.74) is 5.98. The second-order valence-electron chi connectivity index (χ2n) is 4.04. The molecule has 15 heavy (non-hydrogen) atoms. The Morgan fingerprint density at radius 1 is 1.47 bits per heavy atom. The van der Waals surface area contributed by atoms with Gasteiger partial charge in [0.1, 0.15) is 5.41 Å². The fourth-order valence-corrected chi connectivity index (χ4v) is 2.35. The molecule has 1 saturated carbocycles. The summed E-state index contributed by atoms with van der Waals surface area (Å²) in [4.78, 5) is 15.5. The average Bonchev–Trinajstić information content (AvgIpc) is 2.68. The molecule has 0 radical (unpaired) electrons. The Morgan fingerprint density at radius 3 is 2.67 bits per heavy atom. The number of nitrogen functional groups attached to an aromatic ring is 1. The van der Waals surface area contributed by atoms with Gasteiger partial charge < -0.3 is 10.8 Å². The van der Waals surface area contributed by atoms with Crippen molar-refractivity contribution in [2.45, 2.75) is 31.1 Å². The molecule has 3 N–H and O–H groups in total. The van der Waals surface area contributed by atoms with E-state index in [0.29, 0.717) is 24.2 Å². The number of pyridine rings is 1. The quantitative estimate of drug-likeness (QED) is 0.769. The summed E-state index contributed by atoms with van der Waals surface area (Å²) in [6.07, 6.45) is 4.76. The minimum Gasteiger partial charge on any atom is -0.481 e. The molecule has 1 aromatic rings.